The minimum atomic E-state index is -4.34. The van der Waals surface area contributed by atoms with Gasteiger partial charge in [-0.1, -0.05) is 12.1 Å². The molecule has 0 fully saturated rings. The lowest BCUT2D eigenvalue weighted by atomic mass is 10.1. The van der Waals surface area contributed by atoms with E-state index in [1.165, 1.54) is 52.5 Å². The summed E-state index contributed by atoms with van der Waals surface area (Å²) in [5.41, 5.74) is 1.07. The average molecular weight is 544 g/mol. The SMILES string of the molecule is COc1ccc(N(CC(=O)NCCc2ccc(OC)c(OC)c2)S(=O)(=O)c2ccc(C)c([N+](=O)[O-])c2)cc1. The van der Waals surface area contributed by atoms with Crippen LogP contribution in [0.5, 0.6) is 17.2 Å². The van der Waals surface area contributed by atoms with Crippen LogP contribution in [0.15, 0.2) is 65.6 Å². The molecule has 0 spiro atoms. The van der Waals surface area contributed by atoms with Crippen LogP contribution in [0.25, 0.3) is 0 Å². The van der Waals surface area contributed by atoms with Crippen LogP contribution in [0, 0.1) is 17.0 Å². The third-order valence-electron chi connectivity index (χ3n) is 5.80. The maximum atomic E-state index is 13.6. The maximum absolute atomic E-state index is 13.6. The van der Waals surface area contributed by atoms with Crippen LogP contribution in [0.3, 0.4) is 0 Å². The van der Waals surface area contributed by atoms with Gasteiger partial charge in [0.05, 0.1) is 36.8 Å². The number of nitrogens with zero attached hydrogens (tertiary/aromatic N) is 2. The molecule has 3 rings (SSSR count). The van der Waals surface area contributed by atoms with Gasteiger partial charge in [-0.05, 0) is 61.4 Å². The molecule has 0 bridgehead atoms. The summed E-state index contributed by atoms with van der Waals surface area (Å²) in [6, 6.07) is 15.1. The number of rotatable bonds is 12. The van der Waals surface area contributed by atoms with Crippen LogP contribution >= 0.6 is 0 Å². The molecule has 0 radical (unpaired) electrons. The lowest BCUT2D eigenvalue weighted by molar-refractivity contribution is -0.385. The normalized spacial score (nSPS) is 10.9. The molecule has 0 heterocycles. The Morgan fingerprint density at radius 2 is 1.63 bits per heavy atom. The zero-order valence-electron chi connectivity index (χ0n) is 21.5. The topological polar surface area (TPSA) is 137 Å². The first kappa shape index (κ1) is 28.3. The molecule has 38 heavy (non-hydrogen) atoms. The van der Waals surface area contributed by atoms with Crippen molar-refractivity contribution < 1.29 is 32.3 Å². The summed E-state index contributed by atoms with van der Waals surface area (Å²) in [5, 5.41) is 14.1. The monoisotopic (exact) mass is 543 g/mol. The molecule has 0 aliphatic rings. The van der Waals surface area contributed by atoms with E-state index in [4.69, 9.17) is 14.2 Å². The summed E-state index contributed by atoms with van der Waals surface area (Å²) < 4.78 is 43.8. The number of aryl methyl sites for hydroxylation is 1. The zero-order valence-corrected chi connectivity index (χ0v) is 22.3. The van der Waals surface area contributed by atoms with Gasteiger partial charge in [0.1, 0.15) is 12.3 Å². The van der Waals surface area contributed by atoms with Crippen LogP contribution in [0.2, 0.25) is 0 Å². The van der Waals surface area contributed by atoms with Gasteiger partial charge >= 0.3 is 0 Å². The summed E-state index contributed by atoms with van der Waals surface area (Å²) in [7, 11) is 0.199. The Balaban J connectivity index is 1.83. The molecule has 0 saturated heterocycles. The van der Waals surface area contributed by atoms with Gasteiger partial charge in [-0.2, -0.15) is 0 Å². The molecule has 11 nitrogen and oxygen atoms in total. The van der Waals surface area contributed by atoms with Gasteiger partial charge < -0.3 is 19.5 Å². The summed E-state index contributed by atoms with van der Waals surface area (Å²) in [6.45, 7) is 1.21. The smallest absolute Gasteiger partial charge is 0.273 e. The molecule has 1 amide bonds. The van der Waals surface area contributed by atoms with E-state index in [0.29, 0.717) is 29.2 Å². The highest BCUT2D eigenvalue weighted by Crippen LogP contribution is 2.29. The van der Waals surface area contributed by atoms with E-state index in [1.807, 2.05) is 6.07 Å². The Morgan fingerprint density at radius 1 is 0.947 bits per heavy atom. The Kier molecular flexibility index (Phi) is 9.13. The quantitative estimate of drug-likeness (QED) is 0.271. The Morgan fingerprint density at radius 3 is 2.24 bits per heavy atom. The van der Waals surface area contributed by atoms with Gasteiger partial charge in [0.15, 0.2) is 11.5 Å². The van der Waals surface area contributed by atoms with Gasteiger partial charge in [0.2, 0.25) is 5.91 Å². The lowest BCUT2D eigenvalue weighted by Crippen LogP contribution is -2.41. The predicted octanol–water partition coefficient (Wildman–Crippen LogP) is 3.48. The highest BCUT2D eigenvalue weighted by molar-refractivity contribution is 7.92. The number of benzene rings is 3. The van der Waals surface area contributed by atoms with Gasteiger partial charge in [-0.15, -0.1) is 0 Å². The maximum Gasteiger partial charge on any atom is 0.273 e. The molecule has 0 atom stereocenters. The number of nitro benzene ring substituents is 1. The van der Waals surface area contributed by atoms with Gasteiger partial charge in [-0.3, -0.25) is 19.2 Å². The van der Waals surface area contributed by atoms with Crippen molar-refractivity contribution >= 4 is 27.3 Å². The molecule has 3 aromatic carbocycles. The third kappa shape index (κ3) is 6.51. The van der Waals surface area contributed by atoms with E-state index in [1.54, 1.807) is 24.3 Å². The van der Waals surface area contributed by atoms with E-state index >= 15 is 0 Å². The number of carbonyl (C=O) groups excluding carboxylic acids is 1. The number of hydrogen-bond acceptors (Lipinski definition) is 8. The number of ether oxygens (including phenoxy) is 3. The summed E-state index contributed by atoms with van der Waals surface area (Å²) in [5.74, 6) is 1.08. The van der Waals surface area contributed by atoms with E-state index in [-0.39, 0.29) is 22.8 Å². The summed E-state index contributed by atoms with van der Waals surface area (Å²) >= 11 is 0. The number of sulfonamides is 1. The molecule has 1 N–H and O–H groups in total. The fraction of sp³-hybridized carbons (Fsp3) is 0.269. The Hall–Kier alpha value is -4.32. The second-order valence-corrected chi connectivity index (χ2v) is 10.1. The van der Waals surface area contributed by atoms with Gasteiger partial charge in [0, 0.05) is 18.2 Å². The second-order valence-electron chi connectivity index (χ2n) is 8.20. The number of carbonyl (C=O) groups is 1. The van der Waals surface area contributed by atoms with Crippen molar-refractivity contribution in [1.29, 1.82) is 0 Å². The highest BCUT2D eigenvalue weighted by Gasteiger charge is 2.29. The minimum Gasteiger partial charge on any atom is -0.497 e. The molecule has 3 aromatic rings. The van der Waals surface area contributed by atoms with E-state index in [9.17, 15) is 23.3 Å². The number of methoxy groups -OCH3 is 3. The van der Waals surface area contributed by atoms with Crippen molar-refractivity contribution in [3.63, 3.8) is 0 Å². The van der Waals surface area contributed by atoms with Crippen molar-refractivity contribution in [2.75, 3.05) is 38.7 Å². The molecule has 0 aliphatic carbocycles. The first-order valence-electron chi connectivity index (χ1n) is 11.5. The van der Waals surface area contributed by atoms with Crippen molar-refractivity contribution in [3.05, 3.63) is 81.9 Å². The highest BCUT2D eigenvalue weighted by atomic mass is 32.2. The largest absolute Gasteiger partial charge is 0.497 e. The number of amides is 1. The summed E-state index contributed by atoms with van der Waals surface area (Å²) in [6.07, 6.45) is 0.464. The van der Waals surface area contributed by atoms with E-state index < -0.39 is 27.4 Å². The van der Waals surface area contributed by atoms with Gasteiger partial charge in [-0.25, -0.2) is 8.42 Å². The van der Waals surface area contributed by atoms with Crippen LogP contribution in [0.1, 0.15) is 11.1 Å². The Labute approximate surface area is 221 Å². The fourth-order valence-corrected chi connectivity index (χ4v) is 5.15. The number of nitrogens with one attached hydrogen (secondary N) is 1. The third-order valence-corrected chi connectivity index (χ3v) is 7.57. The van der Waals surface area contributed by atoms with Crippen molar-refractivity contribution in [2.24, 2.45) is 0 Å². The van der Waals surface area contributed by atoms with Crippen molar-refractivity contribution in [3.8, 4) is 17.2 Å². The van der Waals surface area contributed by atoms with Crippen LogP contribution in [0.4, 0.5) is 11.4 Å². The van der Waals surface area contributed by atoms with Crippen LogP contribution in [-0.4, -0.2) is 53.7 Å². The first-order chi connectivity index (χ1) is 18.1. The number of nitro groups is 1. The predicted molar refractivity (Wildman–Crippen MR) is 142 cm³/mol. The fourth-order valence-electron chi connectivity index (χ4n) is 3.71. The van der Waals surface area contributed by atoms with E-state index in [0.717, 1.165) is 15.9 Å². The molecule has 0 aromatic heterocycles. The molecule has 12 heteroatoms. The number of anilines is 1. The minimum absolute atomic E-state index is 0.198. The number of hydrogen-bond donors (Lipinski definition) is 1. The molecule has 0 saturated carbocycles. The van der Waals surface area contributed by atoms with Gasteiger partial charge in [0.25, 0.3) is 15.7 Å². The van der Waals surface area contributed by atoms with Crippen molar-refractivity contribution in [2.45, 2.75) is 18.2 Å². The molecule has 0 unspecified atom stereocenters. The lowest BCUT2D eigenvalue weighted by Gasteiger charge is -2.24. The standard InChI is InChI=1S/C26H29N3O8S/c1-18-5-11-22(16-23(18)29(31)32)38(33,34)28(20-7-9-21(35-2)10-8-20)17-26(30)27-14-13-19-6-12-24(36-3)25(15-19)37-4/h5-12,15-16H,13-14,17H2,1-4H3,(H,27,30). The first-order valence-corrected chi connectivity index (χ1v) is 12.9. The molecule has 202 valence electrons. The molecular weight excluding hydrogens is 514 g/mol. The average Bonchev–Trinajstić information content (AvgIpc) is 2.91. The van der Waals surface area contributed by atoms with E-state index in [2.05, 4.69) is 5.32 Å². The van der Waals surface area contributed by atoms with Crippen LogP contribution < -0.4 is 23.8 Å². The zero-order chi connectivity index (χ0) is 27.9. The Bertz CT molecular complexity index is 1410. The molecular formula is C26H29N3O8S. The molecule has 0 aliphatic heterocycles. The van der Waals surface area contributed by atoms with Crippen LogP contribution in [-0.2, 0) is 21.2 Å². The van der Waals surface area contributed by atoms with Crippen molar-refractivity contribution in [1.82, 2.24) is 5.32 Å². The second kappa shape index (κ2) is 12.3. The summed E-state index contributed by atoms with van der Waals surface area (Å²) in [4.78, 5) is 23.3.